The summed E-state index contributed by atoms with van der Waals surface area (Å²) in [7, 11) is 0. The van der Waals surface area contributed by atoms with Crippen molar-refractivity contribution in [3.63, 3.8) is 0 Å². The fourth-order valence-corrected chi connectivity index (χ4v) is 3.40. The number of nitrogens with one attached hydrogen (secondary N) is 4. The van der Waals surface area contributed by atoms with Crippen LogP contribution in [0.4, 0.5) is 9.59 Å². The number of amides is 4. The number of unbranched alkanes of at least 4 members (excludes halogenated alkanes) is 1. The topological polar surface area (TPSA) is 185 Å². The number of carboxylic acid groups (broad SMARTS) is 1. The number of benzene rings is 1. The summed E-state index contributed by atoms with van der Waals surface area (Å²) in [6.45, 7) is 10.7. The Kier molecular flexibility index (Phi) is 15.0. The molecular formula is C29H45N5O8. The van der Waals surface area contributed by atoms with Crippen molar-refractivity contribution in [3.8, 4) is 0 Å². The molecule has 0 aliphatic heterocycles. The zero-order valence-electron chi connectivity index (χ0n) is 25.4. The van der Waals surface area contributed by atoms with Crippen molar-refractivity contribution in [2.75, 3.05) is 13.1 Å². The van der Waals surface area contributed by atoms with Gasteiger partial charge in [0, 0.05) is 32.4 Å². The zero-order chi connectivity index (χ0) is 31.8. The lowest BCUT2D eigenvalue weighted by atomic mass is 10.0. The van der Waals surface area contributed by atoms with Crippen molar-refractivity contribution in [2.45, 2.75) is 97.3 Å². The maximum absolute atomic E-state index is 12.9. The highest BCUT2D eigenvalue weighted by molar-refractivity contribution is 6.01. The van der Waals surface area contributed by atoms with Crippen LogP contribution >= 0.6 is 0 Å². The highest BCUT2D eigenvalue weighted by Gasteiger charge is 2.22. The molecule has 234 valence electrons. The molecule has 1 aromatic carbocycles. The molecule has 0 spiro atoms. The minimum Gasteiger partial charge on any atom is -0.481 e. The van der Waals surface area contributed by atoms with E-state index in [1.807, 2.05) is 30.3 Å². The van der Waals surface area contributed by atoms with Gasteiger partial charge in [0.15, 0.2) is 0 Å². The van der Waals surface area contributed by atoms with E-state index in [9.17, 15) is 24.0 Å². The molecule has 1 atom stereocenters. The van der Waals surface area contributed by atoms with Crippen molar-refractivity contribution in [2.24, 2.45) is 4.99 Å². The third kappa shape index (κ3) is 18.2. The number of aliphatic carboxylic acids is 1. The lowest BCUT2D eigenvalue weighted by Crippen LogP contribution is -2.48. The van der Waals surface area contributed by atoms with E-state index in [2.05, 4.69) is 26.3 Å². The van der Waals surface area contributed by atoms with E-state index in [1.54, 1.807) is 41.5 Å². The Bertz CT molecular complexity index is 1050. The number of carbonyl (C=O) groups excluding carboxylic acids is 4. The molecular weight excluding hydrogens is 546 g/mol. The van der Waals surface area contributed by atoms with Gasteiger partial charge in [-0.1, -0.05) is 30.3 Å². The Morgan fingerprint density at radius 2 is 1.40 bits per heavy atom. The predicted octanol–water partition coefficient (Wildman–Crippen LogP) is 3.27. The van der Waals surface area contributed by atoms with Gasteiger partial charge in [-0.05, 0) is 66.4 Å². The monoisotopic (exact) mass is 591 g/mol. The third-order valence-electron chi connectivity index (χ3n) is 5.12. The van der Waals surface area contributed by atoms with Crippen molar-refractivity contribution in [1.29, 1.82) is 0 Å². The second-order valence-corrected chi connectivity index (χ2v) is 11.5. The summed E-state index contributed by atoms with van der Waals surface area (Å²) in [5, 5.41) is 19.1. The highest BCUT2D eigenvalue weighted by Crippen LogP contribution is 2.08. The lowest BCUT2D eigenvalue weighted by molar-refractivity contribution is -0.137. The van der Waals surface area contributed by atoms with Crippen LogP contribution in [-0.2, 0) is 30.3 Å². The normalized spacial score (nSPS) is 11.9. The van der Waals surface area contributed by atoms with Gasteiger partial charge in [-0.3, -0.25) is 30.0 Å². The first-order valence-electron chi connectivity index (χ1n) is 13.9. The number of alkyl carbamates (subject to hydrolysis) is 2. The maximum atomic E-state index is 12.9. The van der Waals surface area contributed by atoms with Gasteiger partial charge in [0.2, 0.25) is 17.8 Å². The van der Waals surface area contributed by atoms with Crippen LogP contribution < -0.4 is 21.3 Å². The summed E-state index contributed by atoms with van der Waals surface area (Å²) in [4.78, 5) is 64.6. The summed E-state index contributed by atoms with van der Waals surface area (Å²) >= 11 is 0. The summed E-state index contributed by atoms with van der Waals surface area (Å²) in [6.07, 6.45) is -0.245. The number of guanidine groups is 1. The second-order valence-electron chi connectivity index (χ2n) is 11.5. The Hall–Kier alpha value is -4.16. The molecule has 0 fully saturated rings. The van der Waals surface area contributed by atoms with Gasteiger partial charge in [-0.25, -0.2) is 9.59 Å². The van der Waals surface area contributed by atoms with E-state index in [-0.39, 0.29) is 44.1 Å². The fraction of sp³-hybridized carbons (Fsp3) is 0.586. The van der Waals surface area contributed by atoms with Crippen molar-refractivity contribution >= 4 is 35.9 Å². The van der Waals surface area contributed by atoms with E-state index in [0.717, 1.165) is 5.56 Å². The Balaban J connectivity index is 2.69. The molecule has 0 saturated heterocycles. The van der Waals surface area contributed by atoms with Crippen LogP contribution in [0.2, 0.25) is 0 Å². The molecule has 0 heterocycles. The van der Waals surface area contributed by atoms with E-state index < -0.39 is 41.3 Å². The quantitative estimate of drug-likeness (QED) is 0.131. The molecule has 1 unspecified atom stereocenters. The van der Waals surface area contributed by atoms with Gasteiger partial charge < -0.3 is 25.2 Å². The van der Waals surface area contributed by atoms with Crippen molar-refractivity contribution < 1.29 is 38.6 Å². The second kappa shape index (κ2) is 17.6. The van der Waals surface area contributed by atoms with Gasteiger partial charge in [-0.15, -0.1) is 0 Å². The zero-order valence-corrected chi connectivity index (χ0v) is 25.4. The Labute approximate surface area is 247 Å². The van der Waals surface area contributed by atoms with Crippen LogP contribution in [0.15, 0.2) is 35.3 Å². The molecule has 13 heteroatoms. The number of nitrogens with zero attached hydrogens (tertiary/aromatic N) is 1. The molecule has 0 aromatic heterocycles. The third-order valence-corrected chi connectivity index (χ3v) is 5.12. The predicted molar refractivity (Wildman–Crippen MR) is 157 cm³/mol. The van der Waals surface area contributed by atoms with Gasteiger partial charge >= 0.3 is 18.2 Å². The van der Waals surface area contributed by atoms with Gasteiger partial charge in [0.1, 0.15) is 17.2 Å². The molecule has 1 aromatic rings. The van der Waals surface area contributed by atoms with E-state index in [1.165, 1.54) is 0 Å². The number of hydrogen-bond acceptors (Lipinski definition) is 8. The van der Waals surface area contributed by atoms with Crippen LogP contribution in [0.3, 0.4) is 0 Å². The van der Waals surface area contributed by atoms with Crippen molar-refractivity contribution in [3.05, 3.63) is 35.9 Å². The molecule has 42 heavy (non-hydrogen) atoms. The maximum Gasteiger partial charge on any atom is 0.414 e. The molecule has 0 aliphatic carbocycles. The van der Waals surface area contributed by atoms with Crippen LogP contribution in [0.1, 0.15) is 79.2 Å². The molecule has 0 saturated carbocycles. The van der Waals surface area contributed by atoms with Crippen LogP contribution in [0.25, 0.3) is 0 Å². The summed E-state index contributed by atoms with van der Waals surface area (Å²) in [5.41, 5.74) is -0.647. The molecule has 0 radical (unpaired) electrons. The van der Waals surface area contributed by atoms with Crippen LogP contribution in [0, 0.1) is 0 Å². The molecule has 0 aliphatic rings. The number of rotatable bonds is 13. The number of aliphatic imine (C=N–C) groups is 1. The first-order valence-corrected chi connectivity index (χ1v) is 13.9. The average Bonchev–Trinajstić information content (AvgIpc) is 2.83. The van der Waals surface area contributed by atoms with Crippen LogP contribution in [-0.4, -0.2) is 71.4 Å². The molecule has 5 N–H and O–H groups in total. The van der Waals surface area contributed by atoms with Crippen molar-refractivity contribution in [1.82, 2.24) is 21.3 Å². The first kappa shape index (κ1) is 35.9. The molecule has 1 rings (SSSR count). The highest BCUT2D eigenvalue weighted by atomic mass is 16.6. The Morgan fingerprint density at radius 1 is 0.833 bits per heavy atom. The van der Waals surface area contributed by atoms with E-state index in [0.29, 0.717) is 19.4 Å². The Morgan fingerprint density at radius 3 is 1.93 bits per heavy atom. The minimum atomic E-state index is -0.987. The molecule has 13 nitrogen and oxygen atoms in total. The fourth-order valence-electron chi connectivity index (χ4n) is 3.40. The number of carboxylic acids is 1. The summed E-state index contributed by atoms with van der Waals surface area (Å²) < 4.78 is 10.4. The lowest BCUT2D eigenvalue weighted by Gasteiger charge is -2.22. The molecule has 4 amide bonds. The standard InChI is InChI=1S/C29H45N5O8/c1-28(2,3)41-26(39)33-25(34-27(40)42-29(4,5)6)31-18-11-10-17-30-24(38)21(19-20-13-8-7-9-14-20)32-22(35)15-12-16-23(36)37/h7-9,13-14,21H,10-12,15-19H2,1-6H3,(H,30,38)(H,32,35)(H,36,37)(H2,31,33,34,39,40). The number of hydrogen-bond donors (Lipinski definition) is 5. The molecule has 0 bridgehead atoms. The summed E-state index contributed by atoms with van der Waals surface area (Å²) in [6, 6.07) is 8.40. The average molecular weight is 592 g/mol. The summed E-state index contributed by atoms with van der Waals surface area (Å²) in [5.74, 6) is -1.88. The smallest absolute Gasteiger partial charge is 0.414 e. The number of carbonyl (C=O) groups is 5. The van der Waals surface area contributed by atoms with Gasteiger partial charge in [0.25, 0.3) is 0 Å². The van der Waals surface area contributed by atoms with Gasteiger partial charge in [-0.2, -0.15) is 0 Å². The number of ether oxygens (including phenoxy) is 2. The SMILES string of the molecule is CC(C)(C)OC(=O)NC(=NCCCCNC(=O)C(Cc1ccccc1)NC(=O)CCCC(=O)O)NC(=O)OC(C)(C)C. The van der Waals surface area contributed by atoms with Crippen LogP contribution in [0.5, 0.6) is 0 Å². The first-order chi connectivity index (χ1) is 19.5. The minimum absolute atomic E-state index is 0.000130. The van der Waals surface area contributed by atoms with E-state index in [4.69, 9.17) is 14.6 Å². The largest absolute Gasteiger partial charge is 0.481 e. The van der Waals surface area contributed by atoms with E-state index >= 15 is 0 Å². The van der Waals surface area contributed by atoms with Gasteiger partial charge in [0.05, 0.1) is 0 Å².